The Kier molecular flexibility index (Phi) is 5.71. The van der Waals surface area contributed by atoms with Crippen molar-refractivity contribution in [3.05, 3.63) is 77.3 Å². The molecule has 3 aromatic rings. The van der Waals surface area contributed by atoms with E-state index in [0.29, 0.717) is 36.6 Å². The Bertz CT molecular complexity index is 1300. The molecule has 0 aliphatic carbocycles. The van der Waals surface area contributed by atoms with Crippen LogP contribution in [0.4, 0.5) is 25.1 Å². The van der Waals surface area contributed by atoms with E-state index in [4.69, 9.17) is 6.57 Å². The summed E-state index contributed by atoms with van der Waals surface area (Å²) in [7, 11) is -9.77. The van der Waals surface area contributed by atoms with Gasteiger partial charge in [0.15, 0.2) is 5.69 Å². The lowest BCUT2D eigenvalue weighted by Gasteiger charge is -2.40. The van der Waals surface area contributed by atoms with Gasteiger partial charge in [-0.25, -0.2) is 4.85 Å². The normalized spacial score (nSPS) is 17.9. The average molecular weight is 511 g/mol. The van der Waals surface area contributed by atoms with Crippen molar-refractivity contribution >= 4 is 21.8 Å². The first-order chi connectivity index (χ1) is 16.3. The van der Waals surface area contributed by atoms with Gasteiger partial charge in [-0.15, -0.1) is 0 Å². The van der Waals surface area contributed by atoms with Crippen LogP contribution in [0.25, 0.3) is 16.1 Å². The average Bonchev–Trinajstić information content (AvgIpc) is 3.25. The van der Waals surface area contributed by atoms with Gasteiger partial charge in [-0.3, -0.25) is 9.48 Å². The lowest BCUT2D eigenvalue weighted by Crippen LogP contribution is -2.42. The maximum atomic E-state index is 13.3. The van der Waals surface area contributed by atoms with Crippen LogP contribution in [0.5, 0.6) is 0 Å². The number of fused-ring (bicyclic) bond motifs is 1. The predicted molar refractivity (Wildman–Crippen MR) is 125 cm³/mol. The van der Waals surface area contributed by atoms with Crippen LogP contribution in [-0.2, 0) is 6.54 Å². The van der Waals surface area contributed by atoms with Crippen molar-refractivity contribution in [1.82, 2.24) is 14.7 Å². The number of halogens is 5. The Balaban J connectivity index is 1.65. The summed E-state index contributed by atoms with van der Waals surface area (Å²) in [5, 5.41) is 4.47. The highest BCUT2D eigenvalue weighted by Crippen LogP contribution is 3.02. The molecule has 11 heteroatoms. The number of hydrogen-bond donors (Lipinski definition) is 0. The van der Waals surface area contributed by atoms with Crippen LogP contribution in [-0.4, -0.2) is 27.1 Å². The van der Waals surface area contributed by atoms with Gasteiger partial charge in [-0.2, -0.15) is 5.10 Å². The molecule has 5 nitrogen and oxygen atoms in total. The highest BCUT2D eigenvalue weighted by Gasteiger charge is 2.65. The summed E-state index contributed by atoms with van der Waals surface area (Å²) in [4.78, 5) is 16.3. The molecule has 35 heavy (non-hydrogen) atoms. The second-order valence-corrected chi connectivity index (χ2v) is 11.0. The van der Waals surface area contributed by atoms with Crippen molar-refractivity contribution in [2.45, 2.75) is 43.7 Å². The zero-order chi connectivity index (χ0) is 25.5. The number of amides is 1. The molecule has 0 bridgehead atoms. The van der Waals surface area contributed by atoms with Crippen molar-refractivity contribution in [2.75, 3.05) is 6.54 Å². The second-order valence-electron chi connectivity index (χ2n) is 8.61. The summed E-state index contributed by atoms with van der Waals surface area (Å²) >= 11 is 0. The maximum absolute atomic E-state index is 13.3. The summed E-state index contributed by atoms with van der Waals surface area (Å²) in [5.41, 5.74) is 2.10. The van der Waals surface area contributed by atoms with E-state index in [9.17, 15) is 24.2 Å². The third-order valence-corrected chi connectivity index (χ3v) is 7.11. The molecule has 1 aromatic heterocycles. The Hall–Kier alpha value is -3.39. The molecule has 1 aliphatic rings. The van der Waals surface area contributed by atoms with Crippen LogP contribution in [0.15, 0.2) is 59.5 Å². The van der Waals surface area contributed by atoms with Crippen LogP contribution in [0.2, 0.25) is 0 Å². The molecule has 0 saturated carbocycles. The van der Waals surface area contributed by atoms with Crippen molar-refractivity contribution in [3.8, 4) is 11.3 Å². The molecule has 0 N–H and O–H groups in total. The number of aromatic nitrogens is 2. The molecular weight excluding hydrogens is 487 g/mol. The molecule has 4 rings (SSSR count). The van der Waals surface area contributed by atoms with E-state index in [1.54, 1.807) is 33.8 Å². The van der Waals surface area contributed by atoms with E-state index in [1.165, 1.54) is 6.07 Å². The number of unbranched alkanes of at least 4 members (excludes halogenated alkanes) is 1. The van der Waals surface area contributed by atoms with Crippen LogP contribution >= 0.6 is 10.2 Å². The lowest BCUT2D eigenvalue weighted by atomic mass is 10.1. The summed E-state index contributed by atoms with van der Waals surface area (Å²) in [6.07, 6.45) is 2.57. The first-order valence-corrected chi connectivity index (χ1v) is 12.9. The Morgan fingerprint density at radius 2 is 1.71 bits per heavy atom. The molecule has 1 atom stereocenters. The topological polar surface area (TPSA) is 42.5 Å². The minimum Gasteiger partial charge on any atom is -0.331 e. The quantitative estimate of drug-likeness (QED) is 0.238. The first kappa shape index (κ1) is 24.7. The zero-order valence-electron chi connectivity index (χ0n) is 18.8. The van der Waals surface area contributed by atoms with Crippen molar-refractivity contribution < 1.29 is 24.2 Å². The second kappa shape index (κ2) is 8.09. The summed E-state index contributed by atoms with van der Waals surface area (Å²) in [5.74, 6) is -0.283. The van der Waals surface area contributed by atoms with Crippen LogP contribution in [0.1, 0.15) is 48.3 Å². The number of rotatable bonds is 7. The lowest BCUT2D eigenvalue weighted by molar-refractivity contribution is 0.0635. The van der Waals surface area contributed by atoms with Crippen LogP contribution < -0.4 is 0 Å². The number of carbonyl (C=O) groups excluding carboxylic acids is 1. The number of hydrogen-bond acceptors (Lipinski definition) is 2. The third-order valence-electron chi connectivity index (χ3n) is 5.94. The molecule has 2 heterocycles. The van der Waals surface area contributed by atoms with Gasteiger partial charge < -0.3 is 4.90 Å². The highest BCUT2D eigenvalue weighted by atomic mass is 32.5. The standard InChI is InChI=1S/C24H23F5N4OS/c1-3-4-5-20-16-32(15-17-6-10-19(30-2)11-7-17)24(34)23-14-22(31-33(20)23)18-8-12-21(13-9-18)35(25,26,27,28)29/h6-14,20H,3-5,15-16H2,1H3. The smallest absolute Gasteiger partial charge is 0.310 e. The molecule has 0 fully saturated rings. The number of nitrogens with zero attached hydrogens (tertiary/aromatic N) is 4. The fraction of sp³-hybridized carbons (Fsp3) is 0.292. The summed E-state index contributed by atoms with van der Waals surface area (Å²) in [6, 6.07) is 10.9. The van der Waals surface area contributed by atoms with Crippen LogP contribution in [0, 0.1) is 6.57 Å². The maximum Gasteiger partial charge on any atom is 0.310 e. The van der Waals surface area contributed by atoms with Gasteiger partial charge in [-0.05, 0) is 30.2 Å². The Labute approximate surface area is 199 Å². The fourth-order valence-electron chi connectivity index (χ4n) is 4.12. The first-order valence-electron chi connectivity index (χ1n) is 11.0. The Morgan fingerprint density at radius 1 is 1.06 bits per heavy atom. The van der Waals surface area contributed by atoms with E-state index < -0.39 is 15.1 Å². The minimum atomic E-state index is -9.77. The molecule has 0 spiro atoms. The van der Waals surface area contributed by atoms with Gasteiger partial charge >= 0.3 is 10.2 Å². The minimum absolute atomic E-state index is 0.136. The molecule has 186 valence electrons. The summed E-state index contributed by atoms with van der Waals surface area (Å²) < 4.78 is 66.9. The van der Waals surface area contributed by atoms with Gasteiger partial charge in [-0.1, -0.05) is 75.6 Å². The predicted octanol–water partition coefficient (Wildman–Crippen LogP) is 8.15. The highest BCUT2D eigenvalue weighted by molar-refractivity contribution is 8.45. The molecule has 1 unspecified atom stereocenters. The molecule has 2 aromatic carbocycles. The van der Waals surface area contributed by atoms with Crippen LogP contribution in [0.3, 0.4) is 0 Å². The van der Waals surface area contributed by atoms with Gasteiger partial charge in [0, 0.05) is 18.7 Å². The van der Waals surface area contributed by atoms with E-state index in [-0.39, 0.29) is 23.2 Å². The molecular formula is C24H23F5N4OS. The fourth-order valence-corrected chi connectivity index (χ4v) is 4.77. The van der Waals surface area contributed by atoms with Crippen molar-refractivity contribution in [1.29, 1.82) is 0 Å². The SMILES string of the molecule is [C-]#[N+]c1ccc(CN2CC(CCCC)n3nc(-c4ccc(S(F)(F)(F)(F)F)cc4)cc3C2=O)cc1. The van der Waals surface area contributed by atoms with Crippen molar-refractivity contribution in [3.63, 3.8) is 0 Å². The van der Waals surface area contributed by atoms with E-state index in [0.717, 1.165) is 37.0 Å². The largest absolute Gasteiger partial charge is 0.331 e. The summed E-state index contributed by atoms with van der Waals surface area (Å²) in [6.45, 7) is 9.84. The van der Waals surface area contributed by atoms with E-state index in [2.05, 4.69) is 9.94 Å². The van der Waals surface area contributed by atoms with Gasteiger partial charge in [0.2, 0.25) is 0 Å². The third kappa shape index (κ3) is 5.32. The number of benzene rings is 2. The van der Waals surface area contributed by atoms with Gasteiger partial charge in [0.25, 0.3) is 5.91 Å². The van der Waals surface area contributed by atoms with Crippen molar-refractivity contribution in [2.24, 2.45) is 0 Å². The number of carbonyl (C=O) groups is 1. The van der Waals surface area contributed by atoms with E-state index >= 15 is 0 Å². The molecule has 0 radical (unpaired) electrons. The molecule has 1 amide bonds. The van der Waals surface area contributed by atoms with E-state index in [1.807, 2.05) is 6.92 Å². The van der Waals surface area contributed by atoms with Gasteiger partial charge in [0.1, 0.15) is 10.6 Å². The molecule has 0 saturated heterocycles. The van der Waals surface area contributed by atoms with Gasteiger partial charge in [0.05, 0.1) is 18.3 Å². The molecule has 1 aliphatic heterocycles. The zero-order valence-corrected chi connectivity index (χ0v) is 19.6. The Morgan fingerprint density at radius 3 is 2.29 bits per heavy atom. The monoisotopic (exact) mass is 510 g/mol.